The average Bonchev–Trinajstić information content (AvgIpc) is 3.11. The van der Waals surface area contributed by atoms with Gasteiger partial charge in [0.2, 0.25) is 5.95 Å². The Kier molecular flexibility index (Phi) is 5.15. The van der Waals surface area contributed by atoms with Gasteiger partial charge in [-0.2, -0.15) is 4.98 Å². The molecule has 1 aromatic carbocycles. The van der Waals surface area contributed by atoms with Gasteiger partial charge in [-0.15, -0.1) is 0 Å². The molecule has 0 amide bonds. The number of aromatic nitrogens is 4. The van der Waals surface area contributed by atoms with Crippen molar-refractivity contribution in [2.24, 2.45) is 13.0 Å². The third-order valence-corrected chi connectivity index (χ3v) is 5.61. The number of fused-ring (bicyclic) bond motifs is 3. The zero-order chi connectivity index (χ0) is 21.6. The van der Waals surface area contributed by atoms with Crippen LogP contribution in [0.5, 0.6) is 5.75 Å². The van der Waals surface area contributed by atoms with E-state index in [2.05, 4.69) is 11.8 Å². The van der Waals surface area contributed by atoms with Crippen LogP contribution in [0.3, 0.4) is 0 Å². The summed E-state index contributed by atoms with van der Waals surface area (Å²) in [5.74, 6) is 1.60. The fraction of sp³-hybridized carbons (Fsp3) is 0.476. The molecule has 0 fully saturated rings. The van der Waals surface area contributed by atoms with Gasteiger partial charge in [0.25, 0.3) is 5.56 Å². The number of aliphatic hydroxyl groups is 1. The fourth-order valence-corrected chi connectivity index (χ4v) is 4.14. The molecule has 0 saturated heterocycles. The SMILES string of the molecule is COc1ccc(C)cc1N1C[C@H](C)Cn2c1nc1c2c(=O)n(CCCO)c(=O)n1C. The fourth-order valence-electron chi connectivity index (χ4n) is 4.14. The van der Waals surface area contributed by atoms with Crippen molar-refractivity contribution < 1.29 is 9.84 Å². The molecule has 0 bridgehead atoms. The van der Waals surface area contributed by atoms with E-state index in [1.165, 1.54) is 9.13 Å². The minimum atomic E-state index is -0.427. The molecule has 0 unspecified atom stereocenters. The van der Waals surface area contributed by atoms with E-state index in [1.54, 1.807) is 14.2 Å². The van der Waals surface area contributed by atoms with E-state index < -0.39 is 5.69 Å². The largest absolute Gasteiger partial charge is 0.495 e. The molecule has 0 saturated carbocycles. The highest BCUT2D eigenvalue weighted by Gasteiger charge is 2.31. The van der Waals surface area contributed by atoms with E-state index in [9.17, 15) is 9.59 Å². The Hall–Kier alpha value is -3.07. The highest BCUT2D eigenvalue weighted by Crippen LogP contribution is 2.38. The van der Waals surface area contributed by atoms with Gasteiger partial charge in [0.15, 0.2) is 11.2 Å². The molecule has 2 aromatic heterocycles. The second-order valence-electron chi connectivity index (χ2n) is 7.96. The van der Waals surface area contributed by atoms with Gasteiger partial charge in [-0.1, -0.05) is 13.0 Å². The van der Waals surface area contributed by atoms with Crippen molar-refractivity contribution in [3.05, 3.63) is 44.6 Å². The van der Waals surface area contributed by atoms with Crippen LogP contribution >= 0.6 is 0 Å². The highest BCUT2D eigenvalue weighted by molar-refractivity contribution is 5.78. The Morgan fingerprint density at radius 2 is 2.03 bits per heavy atom. The number of anilines is 2. The molecule has 1 N–H and O–H groups in total. The molecule has 1 aliphatic heterocycles. The maximum Gasteiger partial charge on any atom is 0.332 e. The molecule has 0 aliphatic carbocycles. The third kappa shape index (κ3) is 3.09. The average molecular weight is 413 g/mol. The summed E-state index contributed by atoms with van der Waals surface area (Å²) in [6, 6.07) is 5.95. The summed E-state index contributed by atoms with van der Waals surface area (Å²) in [6.45, 7) is 5.57. The van der Waals surface area contributed by atoms with Gasteiger partial charge in [0, 0.05) is 33.3 Å². The van der Waals surface area contributed by atoms with Gasteiger partial charge < -0.3 is 19.3 Å². The van der Waals surface area contributed by atoms with Gasteiger partial charge in [0.05, 0.1) is 12.8 Å². The maximum atomic E-state index is 13.2. The van der Waals surface area contributed by atoms with Gasteiger partial charge in [0.1, 0.15) is 5.75 Å². The lowest BCUT2D eigenvalue weighted by atomic mass is 10.1. The summed E-state index contributed by atoms with van der Waals surface area (Å²) in [4.78, 5) is 32.8. The second-order valence-corrected chi connectivity index (χ2v) is 7.96. The molecule has 0 spiro atoms. The number of aryl methyl sites for hydroxylation is 2. The molecule has 30 heavy (non-hydrogen) atoms. The molecule has 3 heterocycles. The first kappa shape index (κ1) is 20.2. The smallest absolute Gasteiger partial charge is 0.332 e. The highest BCUT2D eigenvalue weighted by atomic mass is 16.5. The van der Waals surface area contributed by atoms with Gasteiger partial charge in [-0.05, 0) is 37.0 Å². The molecule has 1 aliphatic rings. The van der Waals surface area contributed by atoms with Crippen LogP contribution in [0.25, 0.3) is 11.2 Å². The van der Waals surface area contributed by atoms with Gasteiger partial charge in [-0.3, -0.25) is 13.9 Å². The number of imidazole rings is 1. The lowest BCUT2D eigenvalue weighted by molar-refractivity contribution is 0.277. The second kappa shape index (κ2) is 7.64. The lowest BCUT2D eigenvalue weighted by Gasteiger charge is -2.33. The van der Waals surface area contributed by atoms with Crippen LogP contribution < -0.4 is 20.9 Å². The number of ether oxygens (including phenoxy) is 1. The monoisotopic (exact) mass is 413 g/mol. The summed E-state index contributed by atoms with van der Waals surface area (Å²) in [6.07, 6.45) is 0.338. The van der Waals surface area contributed by atoms with Crippen LogP contribution in [0.1, 0.15) is 18.9 Å². The minimum Gasteiger partial charge on any atom is -0.495 e. The van der Waals surface area contributed by atoms with E-state index in [4.69, 9.17) is 14.8 Å². The Bertz CT molecular complexity index is 1220. The van der Waals surface area contributed by atoms with Crippen LogP contribution in [-0.4, -0.2) is 44.1 Å². The number of hydrogen-bond acceptors (Lipinski definition) is 6. The third-order valence-electron chi connectivity index (χ3n) is 5.61. The van der Waals surface area contributed by atoms with Crippen molar-refractivity contribution in [1.29, 1.82) is 0 Å². The number of rotatable bonds is 5. The van der Waals surface area contributed by atoms with Crippen molar-refractivity contribution in [1.82, 2.24) is 18.7 Å². The van der Waals surface area contributed by atoms with E-state index in [1.807, 2.05) is 29.7 Å². The van der Waals surface area contributed by atoms with E-state index >= 15 is 0 Å². The predicted molar refractivity (Wildman–Crippen MR) is 115 cm³/mol. The summed E-state index contributed by atoms with van der Waals surface area (Å²) in [5, 5.41) is 9.15. The summed E-state index contributed by atoms with van der Waals surface area (Å²) in [5.41, 5.74) is 1.95. The Labute approximate surface area is 173 Å². The van der Waals surface area contributed by atoms with E-state index in [0.717, 1.165) is 23.5 Å². The van der Waals surface area contributed by atoms with Crippen LogP contribution in [0.2, 0.25) is 0 Å². The van der Waals surface area contributed by atoms with Gasteiger partial charge in [-0.25, -0.2) is 4.79 Å². The molecular weight excluding hydrogens is 386 g/mol. The standard InChI is InChI=1S/C21H27N5O4/c1-13-6-7-16(30-4)15(10-13)25-11-14(2)12-26-17-18(22-20(25)26)23(3)21(29)24(19(17)28)8-5-9-27/h6-7,10,14,27H,5,8-9,11-12H2,1-4H3/t14-/m0/s1. The Morgan fingerprint density at radius 3 is 2.73 bits per heavy atom. The molecular formula is C21H27N5O4. The normalized spacial score (nSPS) is 16.2. The zero-order valence-corrected chi connectivity index (χ0v) is 17.8. The predicted octanol–water partition coefficient (Wildman–Crippen LogP) is 1.38. The van der Waals surface area contributed by atoms with Crippen molar-refractivity contribution in [2.45, 2.75) is 33.4 Å². The number of benzene rings is 1. The van der Waals surface area contributed by atoms with Crippen molar-refractivity contribution in [2.75, 3.05) is 25.2 Å². The summed E-state index contributed by atoms with van der Waals surface area (Å²) >= 11 is 0. The van der Waals surface area contributed by atoms with E-state index in [0.29, 0.717) is 30.1 Å². The summed E-state index contributed by atoms with van der Waals surface area (Å²) in [7, 11) is 3.26. The zero-order valence-electron chi connectivity index (χ0n) is 17.8. The van der Waals surface area contributed by atoms with Crippen LogP contribution in [0.15, 0.2) is 27.8 Å². The Balaban J connectivity index is 2.00. The lowest BCUT2D eigenvalue weighted by Crippen LogP contribution is -2.40. The van der Waals surface area contributed by atoms with Crippen LogP contribution in [-0.2, 0) is 20.1 Å². The topological polar surface area (TPSA) is 94.5 Å². The summed E-state index contributed by atoms with van der Waals surface area (Å²) < 4.78 is 10.1. The molecule has 3 aromatic rings. The number of methoxy groups -OCH3 is 1. The molecule has 4 rings (SSSR count). The molecule has 9 heteroatoms. The first-order valence-electron chi connectivity index (χ1n) is 10.1. The molecule has 9 nitrogen and oxygen atoms in total. The molecule has 160 valence electrons. The van der Waals surface area contributed by atoms with Crippen molar-refractivity contribution in [3.8, 4) is 5.75 Å². The number of hydrogen-bond donors (Lipinski definition) is 1. The molecule has 1 atom stereocenters. The van der Waals surface area contributed by atoms with Crippen molar-refractivity contribution in [3.63, 3.8) is 0 Å². The maximum absolute atomic E-state index is 13.2. The van der Waals surface area contributed by atoms with Crippen molar-refractivity contribution >= 4 is 22.8 Å². The first-order chi connectivity index (χ1) is 14.4. The first-order valence-corrected chi connectivity index (χ1v) is 10.1. The molecule has 0 radical (unpaired) electrons. The van der Waals surface area contributed by atoms with Crippen LogP contribution in [0.4, 0.5) is 11.6 Å². The van der Waals surface area contributed by atoms with Crippen LogP contribution in [0, 0.1) is 12.8 Å². The quantitative estimate of drug-likeness (QED) is 0.679. The number of nitrogens with zero attached hydrogens (tertiary/aromatic N) is 5. The minimum absolute atomic E-state index is 0.0872. The Morgan fingerprint density at radius 1 is 1.27 bits per heavy atom. The van der Waals surface area contributed by atoms with Gasteiger partial charge >= 0.3 is 5.69 Å². The van der Waals surface area contributed by atoms with E-state index in [-0.39, 0.29) is 24.6 Å². The number of aliphatic hydroxyl groups excluding tert-OH is 1.